The summed E-state index contributed by atoms with van der Waals surface area (Å²) in [7, 11) is 0. The Morgan fingerprint density at radius 2 is 1.72 bits per heavy atom. The average Bonchev–Trinajstić information content (AvgIpc) is 2.65. The summed E-state index contributed by atoms with van der Waals surface area (Å²) in [4.78, 5) is 13.5. The van der Waals surface area contributed by atoms with Crippen LogP contribution in [0.1, 0.15) is 30.5 Å². The number of hydrogen-bond donors (Lipinski definition) is 1. The molecule has 0 aliphatic rings. The molecule has 0 bridgehead atoms. The van der Waals surface area contributed by atoms with Gasteiger partial charge in [0.15, 0.2) is 0 Å². The molecule has 3 rings (SSSR count). The van der Waals surface area contributed by atoms with Gasteiger partial charge in [0.1, 0.15) is 0 Å². The van der Waals surface area contributed by atoms with Gasteiger partial charge in [-0.2, -0.15) is 0 Å². The maximum absolute atomic E-state index is 12.4. The smallest absolute Gasteiger partial charge is 0.230 e. The SMILES string of the molecule is CCC(NC(=O)CSc1ccc2ccccc2c1)c1ccc(C)cc1. The number of aryl methyl sites for hydroxylation is 1. The highest BCUT2D eigenvalue weighted by atomic mass is 32.2. The molecule has 2 nitrogen and oxygen atoms in total. The van der Waals surface area contributed by atoms with Gasteiger partial charge in [0.2, 0.25) is 5.91 Å². The lowest BCUT2D eigenvalue weighted by molar-refractivity contribution is -0.119. The van der Waals surface area contributed by atoms with E-state index in [1.54, 1.807) is 11.8 Å². The molecule has 0 saturated heterocycles. The summed E-state index contributed by atoms with van der Waals surface area (Å²) in [6.45, 7) is 4.17. The molecule has 0 heterocycles. The van der Waals surface area contributed by atoms with Gasteiger partial charge in [0.05, 0.1) is 11.8 Å². The molecule has 0 aliphatic heterocycles. The van der Waals surface area contributed by atoms with E-state index in [0.717, 1.165) is 16.9 Å². The number of fused-ring (bicyclic) bond motifs is 1. The molecule has 0 aromatic heterocycles. The minimum absolute atomic E-state index is 0.0744. The molecule has 128 valence electrons. The maximum atomic E-state index is 12.4. The van der Waals surface area contributed by atoms with Crippen LogP contribution in [0.15, 0.2) is 71.6 Å². The van der Waals surface area contributed by atoms with E-state index in [1.807, 2.05) is 12.1 Å². The van der Waals surface area contributed by atoms with Crippen molar-refractivity contribution in [1.82, 2.24) is 5.32 Å². The molecule has 0 radical (unpaired) electrons. The van der Waals surface area contributed by atoms with Crippen LogP contribution >= 0.6 is 11.8 Å². The monoisotopic (exact) mass is 349 g/mol. The van der Waals surface area contributed by atoms with E-state index in [1.165, 1.54) is 16.3 Å². The minimum Gasteiger partial charge on any atom is -0.349 e. The summed E-state index contributed by atoms with van der Waals surface area (Å²) >= 11 is 1.58. The van der Waals surface area contributed by atoms with Gasteiger partial charge in [-0.05, 0) is 41.8 Å². The number of benzene rings is 3. The molecule has 0 saturated carbocycles. The molecule has 3 heteroatoms. The summed E-state index contributed by atoms with van der Waals surface area (Å²) < 4.78 is 0. The van der Waals surface area contributed by atoms with Crippen molar-refractivity contribution in [2.75, 3.05) is 5.75 Å². The number of amides is 1. The standard InChI is InChI=1S/C22H23NOS/c1-3-21(18-10-8-16(2)9-11-18)23-22(24)15-25-20-13-12-17-6-4-5-7-19(17)14-20/h4-14,21H,3,15H2,1-2H3,(H,23,24). The molecular weight excluding hydrogens is 326 g/mol. The first-order chi connectivity index (χ1) is 12.2. The summed E-state index contributed by atoms with van der Waals surface area (Å²) in [5.74, 6) is 0.506. The molecule has 1 amide bonds. The topological polar surface area (TPSA) is 29.1 Å². The minimum atomic E-state index is 0.0744. The van der Waals surface area contributed by atoms with Crippen LogP contribution in [0.4, 0.5) is 0 Å². The van der Waals surface area contributed by atoms with Gasteiger partial charge in [-0.25, -0.2) is 0 Å². The second kappa shape index (κ2) is 8.21. The third-order valence-corrected chi connectivity index (χ3v) is 5.31. The Hall–Kier alpha value is -2.26. The van der Waals surface area contributed by atoms with Gasteiger partial charge in [-0.3, -0.25) is 4.79 Å². The van der Waals surface area contributed by atoms with Crippen LogP contribution in [-0.2, 0) is 4.79 Å². The van der Waals surface area contributed by atoms with Crippen molar-refractivity contribution in [3.8, 4) is 0 Å². The zero-order valence-corrected chi connectivity index (χ0v) is 15.5. The Balaban J connectivity index is 1.60. The molecule has 1 N–H and O–H groups in total. The molecule has 1 atom stereocenters. The molecule has 1 unspecified atom stereocenters. The van der Waals surface area contributed by atoms with Crippen LogP contribution in [0.3, 0.4) is 0 Å². The van der Waals surface area contributed by atoms with E-state index < -0.39 is 0 Å². The van der Waals surface area contributed by atoms with E-state index >= 15 is 0 Å². The quantitative estimate of drug-likeness (QED) is 0.595. The normalized spacial score (nSPS) is 12.1. The van der Waals surface area contributed by atoms with Crippen molar-refractivity contribution in [3.05, 3.63) is 77.9 Å². The predicted octanol–water partition coefficient (Wildman–Crippen LogP) is 5.51. The molecule has 3 aromatic rings. The predicted molar refractivity (Wildman–Crippen MR) is 107 cm³/mol. The van der Waals surface area contributed by atoms with Crippen molar-refractivity contribution < 1.29 is 4.79 Å². The number of hydrogen-bond acceptors (Lipinski definition) is 2. The van der Waals surface area contributed by atoms with E-state index in [0.29, 0.717) is 5.75 Å². The average molecular weight is 349 g/mol. The maximum Gasteiger partial charge on any atom is 0.230 e. The second-order valence-corrected chi connectivity index (χ2v) is 7.29. The van der Waals surface area contributed by atoms with Crippen LogP contribution in [0.5, 0.6) is 0 Å². The first-order valence-electron chi connectivity index (χ1n) is 8.63. The number of carbonyl (C=O) groups excluding carboxylic acids is 1. The fourth-order valence-electron chi connectivity index (χ4n) is 2.86. The van der Waals surface area contributed by atoms with E-state index in [9.17, 15) is 4.79 Å². The highest BCUT2D eigenvalue weighted by Gasteiger charge is 2.12. The van der Waals surface area contributed by atoms with Crippen LogP contribution in [0, 0.1) is 6.92 Å². The Morgan fingerprint density at radius 3 is 2.44 bits per heavy atom. The Morgan fingerprint density at radius 1 is 1.00 bits per heavy atom. The van der Waals surface area contributed by atoms with Crippen LogP contribution in [-0.4, -0.2) is 11.7 Å². The highest BCUT2D eigenvalue weighted by Crippen LogP contribution is 2.24. The fraction of sp³-hybridized carbons (Fsp3) is 0.227. The largest absolute Gasteiger partial charge is 0.349 e. The van der Waals surface area contributed by atoms with Crippen LogP contribution < -0.4 is 5.32 Å². The third kappa shape index (κ3) is 4.64. The summed E-state index contributed by atoms with van der Waals surface area (Å²) in [6.07, 6.45) is 0.884. The molecular formula is C22H23NOS. The zero-order valence-electron chi connectivity index (χ0n) is 14.7. The van der Waals surface area contributed by atoms with E-state index in [2.05, 4.69) is 73.8 Å². The Labute approximate surface area is 153 Å². The van der Waals surface area contributed by atoms with Crippen LogP contribution in [0.25, 0.3) is 10.8 Å². The lowest BCUT2D eigenvalue weighted by atomic mass is 10.0. The molecule has 0 aliphatic carbocycles. The number of rotatable bonds is 6. The van der Waals surface area contributed by atoms with Crippen molar-refractivity contribution in [3.63, 3.8) is 0 Å². The molecule has 25 heavy (non-hydrogen) atoms. The summed E-state index contributed by atoms with van der Waals surface area (Å²) in [6, 6.07) is 23.1. The molecule has 0 spiro atoms. The van der Waals surface area contributed by atoms with Gasteiger partial charge < -0.3 is 5.32 Å². The first-order valence-corrected chi connectivity index (χ1v) is 9.62. The highest BCUT2D eigenvalue weighted by molar-refractivity contribution is 8.00. The van der Waals surface area contributed by atoms with Gasteiger partial charge in [-0.1, -0.05) is 67.1 Å². The third-order valence-electron chi connectivity index (χ3n) is 4.31. The summed E-state index contributed by atoms with van der Waals surface area (Å²) in [5.41, 5.74) is 2.40. The van der Waals surface area contributed by atoms with Gasteiger partial charge >= 0.3 is 0 Å². The fourth-order valence-corrected chi connectivity index (χ4v) is 3.62. The molecule has 3 aromatic carbocycles. The van der Waals surface area contributed by atoms with E-state index in [4.69, 9.17) is 0 Å². The van der Waals surface area contributed by atoms with Gasteiger partial charge in [0, 0.05) is 4.90 Å². The molecule has 0 fully saturated rings. The van der Waals surface area contributed by atoms with E-state index in [-0.39, 0.29) is 11.9 Å². The Bertz CT molecular complexity index is 857. The number of nitrogens with one attached hydrogen (secondary N) is 1. The van der Waals surface area contributed by atoms with Crippen molar-refractivity contribution >= 4 is 28.4 Å². The van der Waals surface area contributed by atoms with Crippen LogP contribution in [0.2, 0.25) is 0 Å². The van der Waals surface area contributed by atoms with Gasteiger partial charge in [-0.15, -0.1) is 11.8 Å². The van der Waals surface area contributed by atoms with Crippen molar-refractivity contribution in [2.45, 2.75) is 31.2 Å². The lowest BCUT2D eigenvalue weighted by Gasteiger charge is -2.17. The van der Waals surface area contributed by atoms with Gasteiger partial charge in [0.25, 0.3) is 0 Å². The first kappa shape index (κ1) is 17.6. The second-order valence-electron chi connectivity index (χ2n) is 6.24. The van der Waals surface area contributed by atoms with Crippen molar-refractivity contribution in [1.29, 1.82) is 0 Å². The van der Waals surface area contributed by atoms with Crippen molar-refractivity contribution in [2.24, 2.45) is 0 Å². The zero-order chi connectivity index (χ0) is 17.6. The number of carbonyl (C=O) groups is 1. The lowest BCUT2D eigenvalue weighted by Crippen LogP contribution is -2.29. The number of thioether (sulfide) groups is 1. The summed E-state index contributed by atoms with van der Waals surface area (Å²) in [5, 5.41) is 5.58. The Kier molecular flexibility index (Phi) is 5.77.